The molecule has 0 aliphatic heterocycles. The molecule has 0 bridgehead atoms. The Balaban J connectivity index is 1.60. The van der Waals surface area contributed by atoms with Gasteiger partial charge >= 0.3 is 0 Å². The lowest BCUT2D eigenvalue weighted by Gasteiger charge is -2.13. The van der Waals surface area contributed by atoms with Crippen LogP contribution in [-0.4, -0.2) is 42.8 Å². The van der Waals surface area contributed by atoms with E-state index in [4.69, 9.17) is 0 Å². The van der Waals surface area contributed by atoms with E-state index in [9.17, 15) is 14.4 Å². The number of hydrogen-bond acceptors (Lipinski definition) is 6. The molecule has 2 N–H and O–H groups in total. The average Bonchev–Trinajstić information content (AvgIpc) is 3.26. The largest absolute Gasteiger partial charge is 0.354 e. The lowest BCUT2D eigenvalue weighted by Crippen LogP contribution is -2.33. The first kappa shape index (κ1) is 24.5. The average molecular weight is 493 g/mol. The molecular weight excluding hydrogens is 464 g/mol. The van der Waals surface area contributed by atoms with Crippen molar-refractivity contribution in [3.05, 3.63) is 64.4 Å². The summed E-state index contributed by atoms with van der Waals surface area (Å²) in [6.07, 6.45) is 0.973. The second-order valence-corrected chi connectivity index (χ2v) is 9.37. The molecule has 0 aliphatic rings. The molecule has 0 spiro atoms. The smallest absolute Gasteiger partial charge is 0.262 e. The number of para-hydroxylation sites is 1. The van der Waals surface area contributed by atoms with Crippen LogP contribution in [-0.2, 0) is 16.1 Å². The quantitative estimate of drug-likeness (QED) is 0.347. The summed E-state index contributed by atoms with van der Waals surface area (Å²) in [7, 11) is 0. The number of thioether (sulfide) groups is 1. The number of nitrogens with zero attached hydrogens (tertiary/aromatic N) is 4. The minimum absolute atomic E-state index is 0.0675. The molecule has 1 atom stereocenters. The Labute approximate surface area is 206 Å². The van der Waals surface area contributed by atoms with Crippen LogP contribution in [0, 0.1) is 6.92 Å². The SMILES string of the molecule is CC[C@H](C)NC(=O)CCn1c(=O)c2ccccc2n2c(SCC(=O)Nc3cccc(C)c3)nnc12. The Morgan fingerprint density at radius 1 is 1.09 bits per heavy atom. The summed E-state index contributed by atoms with van der Waals surface area (Å²) in [6, 6.07) is 14.9. The van der Waals surface area contributed by atoms with Crippen LogP contribution in [0.3, 0.4) is 0 Å². The predicted octanol–water partition coefficient (Wildman–Crippen LogP) is 3.39. The fourth-order valence-corrected chi connectivity index (χ4v) is 4.48. The third-order valence-electron chi connectivity index (χ3n) is 5.69. The zero-order valence-electron chi connectivity index (χ0n) is 19.9. The summed E-state index contributed by atoms with van der Waals surface area (Å²) in [4.78, 5) is 38.1. The van der Waals surface area contributed by atoms with Crippen molar-refractivity contribution in [1.82, 2.24) is 24.5 Å². The Morgan fingerprint density at radius 2 is 1.89 bits per heavy atom. The van der Waals surface area contributed by atoms with Gasteiger partial charge in [-0.3, -0.25) is 23.4 Å². The fraction of sp³-hybridized carbons (Fsp3) is 0.320. The number of rotatable bonds is 9. The van der Waals surface area contributed by atoms with E-state index < -0.39 is 0 Å². The number of anilines is 1. The molecule has 35 heavy (non-hydrogen) atoms. The van der Waals surface area contributed by atoms with Crippen molar-refractivity contribution in [2.24, 2.45) is 0 Å². The lowest BCUT2D eigenvalue weighted by atomic mass is 10.2. The number of nitrogens with one attached hydrogen (secondary N) is 2. The Bertz CT molecular complexity index is 1440. The molecule has 0 fully saturated rings. The number of aryl methyl sites for hydroxylation is 2. The Hall–Kier alpha value is -3.66. The van der Waals surface area contributed by atoms with E-state index in [0.29, 0.717) is 21.8 Å². The number of aromatic nitrogens is 4. The van der Waals surface area contributed by atoms with Crippen LogP contribution in [0.1, 0.15) is 32.3 Å². The van der Waals surface area contributed by atoms with Gasteiger partial charge in [0.2, 0.25) is 17.6 Å². The lowest BCUT2D eigenvalue weighted by molar-refractivity contribution is -0.122. The molecule has 0 aliphatic carbocycles. The molecule has 0 radical (unpaired) electrons. The highest BCUT2D eigenvalue weighted by Crippen LogP contribution is 2.22. The summed E-state index contributed by atoms with van der Waals surface area (Å²) >= 11 is 1.24. The number of hydrogen-bond donors (Lipinski definition) is 2. The molecule has 2 amide bonds. The van der Waals surface area contributed by atoms with Gasteiger partial charge in [0.1, 0.15) is 0 Å². The highest BCUT2D eigenvalue weighted by molar-refractivity contribution is 7.99. The van der Waals surface area contributed by atoms with Crippen molar-refractivity contribution in [3.8, 4) is 0 Å². The van der Waals surface area contributed by atoms with Crippen LogP contribution in [0.4, 0.5) is 5.69 Å². The molecule has 0 saturated heterocycles. The first-order valence-electron chi connectivity index (χ1n) is 11.5. The van der Waals surface area contributed by atoms with E-state index in [1.54, 1.807) is 16.5 Å². The second-order valence-electron chi connectivity index (χ2n) is 8.43. The van der Waals surface area contributed by atoms with Crippen LogP contribution in [0.15, 0.2) is 58.5 Å². The van der Waals surface area contributed by atoms with E-state index in [1.165, 1.54) is 16.3 Å². The highest BCUT2D eigenvalue weighted by atomic mass is 32.2. The summed E-state index contributed by atoms with van der Waals surface area (Å²) in [5, 5.41) is 15.3. The van der Waals surface area contributed by atoms with Gasteiger partial charge in [0.05, 0.1) is 16.7 Å². The van der Waals surface area contributed by atoms with Gasteiger partial charge in [-0.25, -0.2) is 0 Å². The zero-order valence-corrected chi connectivity index (χ0v) is 20.8. The number of fused-ring (bicyclic) bond motifs is 3. The summed E-state index contributed by atoms with van der Waals surface area (Å²) < 4.78 is 3.25. The Kier molecular flexibility index (Phi) is 7.50. The molecule has 0 saturated carbocycles. The van der Waals surface area contributed by atoms with Gasteiger partial charge in [-0.1, -0.05) is 43.0 Å². The number of carbonyl (C=O) groups is 2. The first-order chi connectivity index (χ1) is 16.9. The van der Waals surface area contributed by atoms with E-state index in [2.05, 4.69) is 20.8 Å². The van der Waals surface area contributed by atoms with Crippen molar-refractivity contribution in [3.63, 3.8) is 0 Å². The molecule has 2 aromatic heterocycles. The maximum atomic E-state index is 13.2. The summed E-state index contributed by atoms with van der Waals surface area (Å²) in [5.74, 6) is 0.169. The minimum Gasteiger partial charge on any atom is -0.354 e. The highest BCUT2D eigenvalue weighted by Gasteiger charge is 2.18. The molecule has 0 unspecified atom stereocenters. The third kappa shape index (κ3) is 5.54. The zero-order chi connectivity index (χ0) is 24.9. The molecule has 2 aromatic carbocycles. The maximum Gasteiger partial charge on any atom is 0.262 e. The van der Waals surface area contributed by atoms with E-state index in [1.807, 2.05) is 57.2 Å². The molecular formula is C25H28N6O3S. The van der Waals surface area contributed by atoms with Gasteiger partial charge < -0.3 is 10.6 Å². The molecule has 9 nitrogen and oxygen atoms in total. The molecule has 4 rings (SSSR count). The Morgan fingerprint density at radius 3 is 2.66 bits per heavy atom. The third-order valence-corrected chi connectivity index (χ3v) is 6.62. The van der Waals surface area contributed by atoms with Gasteiger partial charge in [-0.2, -0.15) is 0 Å². The van der Waals surface area contributed by atoms with Crippen molar-refractivity contribution >= 4 is 45.9 Å². The van der Waals surface area contributed by atoms with E-state index in [-0.39, 0.29) is 42.1 Å². The normalized spacial score (nSPS) is 12.1. The molecule has 4 aromatic rings. The number of amides is 2. The van der Waals surface area contributed by atoms with Crippen LogP contribution >= 0.6 is 11.8 Å². The molecule has 182 valence electrons. The monoisotopic (exact) mass is 492 g/mol. The summed E-state index contributed by atoms with van der Waals surface area (Å²) in [6.45, 7) is 6.08. The van der Waals surface area contributed by atoms with Crippen LogP contribution in [0.5, 0.6) is 0 Å². The second kappa shape index (κ2) is 10.7. The number of carbonyl (C=O) groups excluding carboxylic acids is 2. The molecule has 10 heteroatoms. The molecule has 2 heterocycles. The summed E-state index contributed by atoms with van der Waals surface area (Å²) in [5.41, 5.74) is 2.21. The van der Waals surface area contributed by atoms with Crippen molar-refractivity contribution in [2.75, 3.05) is 11.1 Å². The maximum absolute atomic E-state index is 13.2. The topological polar surface area (TPSA) is 110 Å². The fourth-order valence-electron chi connectivity index (χ4n) is 3.74. The van der Waals surface area contributed by atoms with Crippen molar-refractivity contribution in [1.29, 1.82) is 0 Å². The van der Waals surface area contributed by atoms with Gasteiger partial charge in [-0.05, 0) is 50.1 Å². The van der Waals surface area contributed by atoms with Crippen molar-refractivity contribution in [2.45, 2.75) is 51.4 Å². The predicted molar refractivity (Wildman–Crippen MR) is 138 cm³/mol. The van der Waals surface area contributed by atoms with Gasteiger partial charge in [0, 0.05) is 24.7 Å². The van der Waals surface area contributed by atoms with Gasteiger partial charge in [0.15, 0.2) is 5.16 Å². The van der Waals surface area contributed by atoms with Crippen LogP contribution < -0.4 is 16.2 Å². The van der Waals surface area contributed by atoms with Crippen molar-refractivity contribution < 1.29 is 9.59 Å². The minimum atomic E-state index is -0.231. The first-order valence-corrected chi connectivity index (χ1v) is 12.5. The van der Waals surface area contributed by atoms with Gasteiger partial charge in [0.25, 0.3) is 5.56 Å². The standard InChI is InChI=1S/C25H28N6O3S/c1-4-17(3)26-21(32)12-13-30-23(34)19-10-5-6-11-20(19)31-24(30)28-29-25(31)35-15-22(33)27-18-9-7-8-16(2)14-18/h5-11,14,17H,4,12-13,15H2,1-3H3,(H,26,32)(H,27,33)/t17-/m0/s1. The van der Waals surface area contributed by atoms with E-state index in [0.717, 1.165) is 17.7 Å². The van der Waals surface area contributed by atoms with Gasteiger partial charge in [-0.15, -0.1) is 10.2 Å². The van der Waals surface area contributed by atoms with Crippen LogP contribution in [0.25, 0.3) is 16.7 Å². The number of benzene rings is 2. The van der Waals surface area contributed by atoms with Crippen LogP contribution in [0.2, 0.25) is 0 Å². The van der Waals surface area contributed by atoms with E-state index >= 15 is 0 Å².